The van der Waals surface area contributed by atoms with Crippen molar-refractivity contribution in [3.8, 4) is 0 Å². The summed E-state index contributed by atoms with van der Waals surface area (Å²) in [4.78, 5) is 30.5. The van der Waals surface area contributed by atoms with E-state index in [1.54, 1.807) is 0 Å². The van der Waals surface area contributed by atoms with Gasteiger partial charge in [-0.05, 0) is 25.7 Å². The molecule has 0 aromatic rings. The maximum Gasteiger partial charge on any atom is 0.232 e. The van der Waals surface area contributed by atoms with Crippen molar-refractivity contribution in [2.75, 3.05) is 14.1 Å². The van der Waals surface area contributed by atoms with Crippen molar-refractivity contribution in [3.05, 3.63) is 0 Å². The number of hydrogen-bond acceptors (Lipinski definition) is 2. The van der Waals surface area contributed by atoms with E-state index in [9.17, 15) is 9.59 Å². The summed E-state index contributed by atoms with van der Waals surface area (Å²) in [5.41, 5.74) is 0. The fraction of sp³-hybridized carbons (Fsp3) is 0.943. The van der Waals surface area contributed by atoms with Crippen LogP contribution in [0.3, 0.4) is 0 Å². The summed E-state index contributed by atoms with van der Waals surface area (Å²) in [6.45, 7) is 9.01. The number of carbonyl (C=O) groups excluding carboxylic acids is 2. The Morgan fingerprint density at radius 2 is 0.641 bits per heavy atom. The van der Waals surface area contributed by atoms with Crippen LogP contribution >= 0.6 is 0 Å². The number of carbonyl (C=O) groups is 2. The molecule has 4 nitrogen and oxygen atoms in total. The summed E-state index contributed by atoms with van der Waals surface area (Å²) in [7, 11) is 3.91. The maximum absolute atomic E-state index is 13.3. The zero-order chi connectivity index (χ0) is 29.1. The van der Waals surface area contributed by atoms with Crippen LogP contribution in [0.15, 0.2) is 0 Å². The summed E-state index contributed by atoms with van der Waals surface area (Å²) >= 11 is 0. The van der Waals surface area contributed by atoms with Crippen molar-refractivity contribution in [2.45, 2.75) is 200 Å². The monoisotopic (exact) mass is 551 g/mol. The van der Waals surface area contributed by atoms with E-state index in [1.807, 2.05) is 23.9 Å². The molecule has 0 rings (SSSR count). The lowest BCUT2D eigenvalue weighted by atomic mass is 9.98. The Balaban J connectivity index is 4.96. The Bertz CT molecular complexity index is 517. The predicted octanol–water partition coefficient (Wildman–Crippen LogP) is 10.5. The van der Waals surface area contributed by atoms with Crippen molar-refractivity contribution < 1.29 is 9.59 Å². The molecule has 0 aromatic heterocycles. The summed E-state index contributed by atoms with van der Waals surface area (Å²) in [6, 6.07) is 0.540. The molecule has 0 aromatic carbocycles. The van der Waals surface area contributed by atoms with E-state index < -0.39 is 0 Å². The van der Waals surface area contributed by atoms with Gasteiger partial charge in [0.2, 0.25) is 11.8 Å². The smallest absolute Gasteiger partial charge is 0.232 e. The van der Waals surface area contributed by atoms with Gasteiger partial charge in [0, 0.05) is 26.2 Å². The van der Waals surface area contributed by atoms with Gasteiger partial charge >= 0.3 is 0 Å². The standard InChI is InChI=1S/C35H70N2O2/c1-7-11-15-19-21-25-29-32(27-23-17-13-9-3)36(5)34(38)31-35(39)37(6)33(28-24-18-14-10-4)30-26-22-20-16-12-8-2/h32-33H,7-31H2,1-6H3. The third-order valence-electron chi connectivity index (χ3n) is 8.75. The van der Waals surface area contributed by atoms with Gasteiger partial charge in [0.1, 0.15) is 6.42 Å². The van der Waals surface area contributed by atoms with Crippen LogP contribution in [0, 0.1) is 0 Å². The molecule has 0 fully saturated rings. The topological polar surface area (TPSA) is 40.6 Å². The largest absolute Gasteiger partial charge is 0.342 e. The van der Waals surface area contributed by atoms with E-state index in [4.69, 9.17) is 0 Å². The highest BCUT2D eigenvalue weighted by Gasteiger charge is 2.26. The first-order chi connectivity index (χ1) is 18.9. The van der Waals surface area contributed by atoms with Crippen molar-refractivity contribution >= 4 is 11.8 Å². The van der Waals surface area contributed by atoms with Crippen LogP contribution in [0.25, 0.3) is 0 Å². The van der Waals surface area contributed by atoms with Crippen LogP contribution in [-0.4, -0.2) is 47.8 Å². The highest BCUT2D eigenvalue weighted by atomic mass is 16.2. The quantitative estimate of drug-likeness (QED) is 0.0718. The second-order valence-electron chi connectivity index (χ2n) is 12.3. The second kappa shape index (κ2) is 27.1. The summed E-state index contributed by atoms with van der Waals surface area (Å²) in [5.74, 6) is 0.0326. The minimum absolute atomic E-state index is 0.0163. The van der Waals surface area contributed by atoms with Gasteiger partial charge in [-0.2, -0.15) is 0 Å². The van der Waals surface area contributed by atoms with Crippen LogP contribution in [0.1, 0.15) is 188 Å². The molecule has 0 N–H and O–H groups in total. The number of amides is 2. The zero-order valence-corrected chi connectivity index (χ0v) is 27.5. The van der Waals surface area contributed by atoms with Gasteiger partial charge in [-0.25, -0.2) is 0 Å². The number of hydrogen-bond donors (Lipinski definition) is 0. The molecule has 0 saturated heterocycles. The minimum Gasteiger partial charge on any atom is -0.342 e. The molecule has 4 heteroatoms. The highest BCUT2D eigenvalue weighted by molar-refractivity contribution is 5.96. The predicted molar refractivity (Wildman–Crippen MR) is 171 cm³/mol. The molecule has 0 bridgehead atoms. The average molecular weight is 551 g/mol. The van der Waals surface area contributed by atoms with Gasteiger partial charge in [-0.3, -0.25) is 9.59 Å². The van der Waals surface area contributed by atoms with E-state index in [1.165, 1.54) is 128 Å². The second-order valence-corrected chi connectivity index (χ2v) is 12.3. The fourth-order valence-corrected chi connectivity index (χ4v) is 5.78. The van der Waals surface area contributed by atoms with Crippen molar-refractivity contribution in [3.63, 3.8) is 0 Å². The van der Waals surface area contributed by atoms with Gasteiger partial charge in [0.25, 0.3) is 0 Å². The minimum atomic E-state index is 0.0163. The average Bonchev–Trinajstić information content (AvgIpc) is 2.93. The van der Waals surface area contributed by atoms with Crippen LogP contribution in [0.5, 0.6) is 0 Å². The Morgan fingerprint density at radius 3 is 0.923 bits per heavy atom. The van der Waals surface area contributed by atoms with Crippen LogP contribution < -0.4 is 0 Å². The number of unbranched alkanes of at least 4 members (excludes halogenated alkanes) is 16. The van der Waals surface area contributed by atoms with Crippen molar-refractivity contribution in [2.24, 2.45) is 0 Å². The molecule has 0 spiro atoms. The Kier molecular flexibility index (Phi) is 26.4. The molecule has 0 heterocycles. The lowest BCUT2D eigenvalue weighted by Crippen LogP contribution is -2.43. The Morgan fingerprint density at radius 1 is 0.410 bits per heavy atom. The first-order valence-corrected chi connectivity index (χ1v) is 17.4. The van der Waals surface area contributed by atoms with Gasteiger partial charge < -0.3 is 9.80 Å². The van der Waals surface area contributed by atoms with E-state index in [-0.39, 0.29) is 30.3 Å². The maximum atomic E-state index is 13.3. The van der Waals surface area contributed by atoms with E-state index in [0.717, 1.165) is 25.7 Å². The zero-order valence-electron chi connectivity index (χ0n) is 27.5. The molecule has 2 atom stereocenters. The highest BCUT2D eigenvalue weighted by Crippen LogP contribution is 2.21. The van der Waals surface area contributed by atoms with Gasteiger partial charge in [0.05, 0.1) is 0 Å². The van der Waals surface area contributed by atoms with Crippen LogP contribution in [-0.2, 0) is 9.59 Å². The van der Waals surface area contributed by atoms with E-state index in [0.29, 0.717) is 0 Å². The van der Waals surface area contributed by atoms with E-state index >= 15 is 0 Å². The molecule has 232 valence electrons. The third-order valence-corrected chi connectivity index (χ3v) is 8.75. The van der Waals surface area contributed by atoms with Crippen molar-refractivity contribution in [1.29, 1.82) is 0 Å². The Hall–Kier alpha value is -1.06. The first kappa shape index (κ1) is 37.9. The van der Waals surface area contributed by atoms with Crippen molar-refractivity contribution in [1.82, 2.24) is 9.80 Å². The molecule has 2 amide bonds. The molecule has 0 aliphatic rings. The van der Waals surface area contributed by atoms with Gasteiger partial charge in [-0.15, -0.1) is 0 Å². The van der Waals surface area contributed by atoms with Gasteiger partial charge in [0.15, 0.2) is 0 Å². The molecule has 39 heavy (non-hydrogen) atoms. The number of rotatable bonds is 28. The lowest BCUT2D eigenvalue weighted by Gasteiger charge is -2.31. The Labute approximate surface area is 245 Å². The summed E-state index contributed by atoms with van der Waals surface area (Å²) in [5, 5.41) is 0. The third kappa shape index (κ3) is 20.5. The SMILES string of the molecule is CCCCCCCCC(CCCCCC)N(C)C(=O)CC(=O)N(C)C(CCCCCC)CCCCCCCC. The fourth-order valence-electron chi connectivity index (χ4n) is 5.78. The molecule has 0 radical (unpaired) electrons. The normalized spacial score (nSPS) is 12.9. The van der Waals surface area contributed by atoms with Crippen LogP contribution in [0.2, 0.25) is 0 Å². The summed E-state index contributed by atoms with van der Waals surface area (Å²) in [6.07, 6.45) is 29.5. The van der Waals surface area contributed by atoms with Crippen LogP contribution in [0.4, 0.5) is 0 Å². The molecule has 2 unspecified atom stereocenters. The first-order valence-electron chi connectivity index (χ1n) is 17.4. The molecular formula is C35H70N2O2. The summed E-state index contributed by atoms with van der Waals surface area (Å²) < 4.78 is 0. The molecule has 0 aliphatic heterocycles. The molecule has 0 aliphatic carbocycles. The molecule has 0 saturated carbocycles. The van der Waals surface area contributed by atoms with E-state index in [2.05, 4.69) is 27.7 Å². The lowest BCUT2D eigenvalue weighted by molar-refractivity contribution is -0.141. The van der Waals surface area contributed by atoms with Gasteiger partial charge in [-0.1, -0.05) is 156 Å². The number of nitrogens with zero attached hydrogens (tertiary/aromatic N) is 2. The molecular weight excluding hydrogens is 480 g/mol.